The van der Waals surface area contributed by atoms with Crippen LogP contribution in [0.3, 0.4) is 0 Å². The highest BCUT2D eigenvalue weighted by Crippen LogP contribution is 2.09. The molecule has 0 unspecified atom stereocenters. The molecule has 3 heteroatoms. The fraction of sp³-hybridized carbons (Fsp3) is 0.400. The van der Waals surface area contributed by atoms with Gasteiger partial charge in [0.2, 0.25) is 0 Å². The van der Waals surface area contributed by atoms with Crippen LogP contribution in [0.2, 0.25) is 0 Å². The maximum atomic E-state index is 11.8. The maximum Gasteiger partial charge on any atom is 0.336 e. The van der Waals surface area contributed by atoms with Gasteiger partial charge >= 0.3 is 5.97 Å². The summed E-state index contributed by atoms with van der Waals surface area (Å²) < 4.78 is 10.4. The van der Waals surface area contributed by atoms with E-state index in [-0.39, 0.29) is 5.97 Å². The van der Waals surface area contributed by atoms with Gasteiger partial charge in [-0.25, -0.2) is 4.79 Å². The average Bonchev–Trinajstić information content (AvgIpc) is 2.39. The van der Waals surface area contributed by atoms with Crippen LogP contribution < -0.4 is 0 Å². The van der Waals surface area contributed by atoms with Gasteiger partial charge in [0.1, 0.15) is 0 Å². The molecule has 0 amide bonds. The van der Waals surface area contributed by atoms with E-state index < -0.39 is 0 Å². The first-order chi connectivity index (χ1) is 8.77. The third kappa shape index (κ3) is 5.15. The zero-order chi connectivity index (χ0) is 13.2. The summed E-state index contributed by atoms with van der Waals surface area (Å²) in [5.74, 6) is -0.308. The molecule has 0 radical (unpaired) electrons. The molecule has 0 saturated heterocycles. The lowest BCUT2D eigenvalue weighted by atomic mass is 10.1. The Morgan fingerprint density at radius 1 is 1.22 bits per heavy atom. The third-order valence-electron chi connectivity index (χ3n) is 2.28. The normalized spacial score (nSPS) is 11.3. The molecule has 98 valence electrons. The van der Waals surface area contributed by atoms with E-state index in [1.165, 1.54) is 0 Å². The highest BCUT2D eigenvalue weighted by Gasteiger charge is 2.10. The molecule has 0 heterocycles. The van der Waals surface area contributed by atoms with E-state index in [2.05, 4.69) is 0 Å². The van der Waals surface area contributed by atoms with Crippen LogP contribution >= 0.6 is 0 Å². The molecule has 0 aliphatic carbocycles. The van der Waals surface area contributed by atoms with Crippen LogP contribution in [0.25, 0.3) is 6.08 Å². The minimum Gasteiger partial charge on any atom is -0.463 e. The van der Waals surface area contributed by atoms with Crippen LogP contribution in [0, 0.1) is 0 Å². The number of benzene rings is 1. The molecule has 1 aromatic carbocycles. The van der Waals surface area contributed by atoms with Crippen molar-refractivity contribution in [3.05, 3.63) is 41.5 Å². The van der Waals surface area contributed by atoms with Gasteiger partial charge in [-0.1, -0.05) is 37.3 Å². The fourth-order valence-electron chi connectivity index (χ4n) is 1.46. The number of esters is 1. The summed E-state index contributed by atoms with van der Waals surface area (Å²) in [5.41, 5.74) is 1.53. The molecule has 0 N–H and O–H groups in total. The van der Waals surface area contributed by atoms with Gasteiger partial charge in [-0.05, 0) is 25.0 Å². The zero-order valence-electron chi connectivity index (χ0n) is 11.0. The van der Waals surface area contributed by atoms with Crippen molar-refractivity contribution >= 4 is 12.0 Å². The Bertz CT molecular complexity index is 382. The van der Waals surface area contributed by atoms with Crippen molar-refractivity contribution in [1.82, 2.24) is 0 Å². The molecule has 0 aromatic heterocycles. The lowest BCUT2D eigenvalue weighted by Crippen LogP contribution is -2.13. The molecular formula is C15H20O3. The first-order valence-electron chi connectivity index (χ1n) is 6.28. The van der Waals surface area contributed by atoms with Gasteiger partial charge in [-0.2, -0.15) is 0 Å². The Labute approximate surface area is 108 Å². The predicted molar refractivity (Wildman–Crippen MR) is 72.2 cm³/mol. The molecule has 1 rings (SSSR count). The highest BCUT2D eigenvalue weighted by atomic mass is 16.5. The summed E-state index contributed by atoms with van der Waals surface area (Å²) >= 11 is 0. The summed E-state index contributed by atoms with van der Waals surface area (Å²) in [6, 6.07) is 9.69. The topological polar surface area (TPSA) is 35.5 Å². The monoisotopic (exact) mass is 248 g/mol. The standard InChI is InChI=1S/C15H20O3/c1-3-10-17-12-14(15(16)18-4-2)11-13-8-6-5-7-9-13/h5-9,11H,3-4,10,12H2,1-2H3. The third-order valence-corrected chi connectivity index (χ3v) is 2.28. The second-order valence-corrected chi connectivity index (χ2v) is 3.85. The largest absolute Gasteiger partial charge is 0.463 e. The highest BCUT2D eigenvalue weighted by molar-refractivity contribution is 5.93. The number of carbonyl (C=O) groups is 1. The predicted octanol–water partition coefficient (Wildman–Crippen LogP) is 3.06. The van der Waals surface area contributed by atoms with Crippen LogP contribution in [0.15, 0.2) is 35.9 Å². The summed E-state index contributed by atoms with van der Waals surface area (Å²) in [6.07, 6.45) is 2.75. The fourth-order valence-corrected chi connectivity index (χ4v) is 1.46. The number of rotatable bonds is 7. The molecule has 18 heavy (non-hydrogen) atoms. The minimum absolute atomic E-state index is 0.293. The van der Waals surface area contributed by atoms with Gasteiger partial charge in [0.15, 0.2) is 0 Å². The average molecular weight is 248 g/mol. The van der Waals surface area contributed by atoms with Crippen molar-refractivity contribution in [1.29, 1.82) is 0 Å². The molecule has 1 aromatic rings. The Morgan fingerprint density at radius 2 is 1.94 bits per heavy atom. The SMILES string of the molecule is CCCOCC(=Cc1ccccc1)C(=O)OCC. The first kappa shape index (κ1) is 14.5. The molecule has 0 atom stereocenters. The van der Waals surface area contributed by atoms with Crippen molar-refractivity contribution in [2.45, 2.75) is 20.3 Å². The van der Waals surface area contributed by atoms with Crippen molar-refractivity contribution in [2.75, 3.05) is 19.8 Å². The molecule has 0 fully saturated rings. The van der Waals surface area contributed by atoms with Crippen LogP contribution in [-0.2, 0) is 14.3 Å². The van der Waals surface area contributed by atoms with E-state index >= 15 is 0 Å². The first-order valence-corrected chi connectivity index (χ1v) is 6.28. The molecule has 0 aliphatic rings. The lowest BCUT2D eigenvalue weighted by Gasteiger charge is -2.07. The number of hydrogen-bond donors (Lipinski definition) is 0. The molecule has 0 spiro atoms. The van der Waals surface area contributed by atoms with Crippen molar-refractivity contribution in [2.24, 2.45) is 0 Å². The summed E-state index contributed by atoms with van der Waals surface area (Å²) in [7, 11) is 0. The van der Waals surface area contributed by atoms with E-state index in [0.717, 1.165) is 12.0 Å². The number of ether oxygens (including phenoxy) is 2. The van der Waals surface area contributed by atoms with Crippen LogP contribution in [0.4, 0.5) is 0 Å². The molecular weight excluding hydrogens is 228 g/mol. The van der Waals surface area contributed by atoms with Gasteiger partial charge in [-0.3, -0.25) is 0 Å². The van der Waals surface area contributed by atoms with Gasteiger partial charge in [0.05, 0.1) is 18.8 Å². The molecule has 0 bridgehead atoms. The second-order valence-electron chi connectivity index (χ2n) is 3.85. The van der Waals surface area contributed by atoms with E-state index in [1.807, 2.05) is 43.3 Å². The van der Waals surface area contributed by atoms with Crippen LogP contribution in [0.1, 0.15) is 25.8 Å². The van der Waals surface area contributed by atoms with Crippen molar-refractivity contribution in [3.63, 3.8) is 0 Å². The quantitative estimate of drug-likeness (QED) is 0.422. The van der Waals surface area contributed by atoms with Crippen LogP contribution in [0.5, 0.6) is 0 Å². The van der Waals surface area contributed by atoms with Crippen molar-refractivity contribution in [3.8, 4) is 0 Å². The van der Waals surface area contributed by atoms with Gasteiger partial charge in [0, 0.05) is 6.61 Å². The van der Waals surface area contributed by atoms with E-state index in [4.69, 9.17) is 9.47 Å². The number of hydrogen-bond acceptors (Lipinski definition) is 3. The Kier molecular flexibility index (Phi) is 6.81. The maximum absolute atomic E-state index is 11.8. The zero-order valence-corrected chi connectivity index (χ0v) is 11.0. The smallest absolute Gasteiger partial charge is 0.336 e. The van der Waals surface area contributed by atoms with E-state index in [0.29, 0.717) is 25.4 Å². The van der Waals surface area contributed by atoms with Gasteiger partial charge in [0.25, 0.3) is 0 Å². The second kappa shape index (κ2) is 8.48. The summed E-state index contributed by atoms with van der Waals surface area (Å²) in [4.78, 5) is 11.8. The van der Waals surface area contributed by atoms with Gasteiger partial charge < -0.3 is 9.47 Å². The molecule has 0 saturated carbocycles. The van der Waals surface area contributed by atoms with Crippen molar-refractivity contribution < 1.29 is 14.3 Å². The Morgan fingerprint density at radius 3 is 2.56 bits per heavy atom. The van der Waals surface area contributed by atoms with E-state index in [9.17, 15) is 4.79 Å². The Balaban J connectivity index is 2.76. The molecule has 3 nitrogen and oxygen atoms in total. The van der Waals surface area contributed by atoms with E-state index in [1.54, 1.807) is 6.92 Å². The lowest BCUT2D eigenvalue weighted by molar-refractivity contribution is -0.139. The minimum atomic E-state index is -0.308. The molecule has 0 aliphatic heterocycles. The van der Waals surface area contributed by atoms with Crippen LogP contribution in [-0.4, -0.2) is 25.8 Å². The Hall–Kier alpha value is -1.61. The summed E-state index contributed by atoms with van der Waals surface area (Å²) in [5, 5.41) is 0. The van der Waals surface area contributed by atoms with Gasteiger partial charge in [-0.15, -0.1) is 0 Å². The summed E-state index contributed by atoms with van der Waals surface area (Å²) in [6.45, 7) is 5.14. The number of carbonyl (C=O) groups excluding carboxylic acids is 1.